The number of aromatic nitrogens is 2. The molecule has 0 atom stereocenters. The van der Waals surface area contributed by atoms with Gasteiger partial charge in [-0.2, -0.15) is 4.98 Å². The minimum atomic E-state index is 0.530. The van der Waals surface area contributed by atoms with Crippen molar-refractivity contribution in [3.05, 3.63) is 59.3 Å². The van der Waals surface area contributed by atoms with E-state index < -0.39 is 0 Å². The van der Waals surface area contributed by atoms with Crippen molar-refractivity contribution >= 4 is 23.1 Å². The lowest BCUT2D eigenvalue weighted by Crippen LogP contribution is -2.03. The van der Waals surface area contributed by atoms with Crippen molar-refractivity contribution in [3.63, 3.8) is 0 Å². The number of benzene rings is 2. The molecule has 0 bridgehead atoms. The predicted octanol–water partition coefficient (Wildman–Crippen LogP) is 4.91. The molecule has 3 aromatic rings. The van der Waals surface area contributed by atoms with Crippen LogP contribution in [0.15, 0.2) is 42.5 Å². The normalized spacial score (nSPS) is 10.4. The number of ether oxygens (including phenoxy) is 2. The van der Waals surface area contributed by atoms with Crippen molar-refractivity contribution in [3.8, 4) is 11.5 Å². The molecule has 0 aliphatic rings. The Kier molecular flexibility index (Phi) is 5.45. The maximum Gasteiger partial charge on any atom is 0.229 e. The molecule has 1 heterocycles. The number of hydrogen-bond acceptors (Lipinski definition) is 6. The average molecular weight is 364 g/mol. The third-order valence-corrected chi connectivity index (χ3v) is 4.29. The number of methoxy groups -OCH3 is 2. The minimum absolute atomic E-state index is 0.530. The molecule has 0 spiro atoms. The van der Waals surface area contributed by atoms with Crippen LogP contribution in [0.2, 0.25) is 0 Å². The zero-order valence-electron chi connectivity index (χ0n) is 16.3. The molecule has 0 saturated carbocycles. The number of rotatable bonds is 6. The zero-order chi connectivity index (χ0) is 19.4. The van der Waals surface area contributed by atoms with Crippen LogP contribution >= 0.6 is 0 Å². The summed E-state index contributed by atoms with van der Waals surface area (Å²) in [5.41, 5.74) is 5.03. The van der Waals surface area contributed by atoms with Crippen LogP contribution in [0.4, 0.5) is 23.1 Å². The van der Waals surface area contributed by atoms with Gasteiger partial charge in [-0.15, -0.1) is 0 Å². The van der Waals surface area contributed by atoms with E-state index in [4.69, 9.17) is 9.47 Å². The Bertz CT molecular complexity index is 957. The van der Waals surface area contributed by atoms with Gasteiger partial charge < -0.3 is 20.1 Å². The molecular weight excluding hydrogens is 340 g/mol. The third-order valence-electron chi connectivity index (χ3n) is 4.29. The van der Waals surface area contributed by atoms with E-state index >= 15 is 0 Å². The second-order valence-electron chi connectivity index (χ2n) is 6.33. The van der Waals surface area contributed by atoms with Gasteiger partial charge in [-0.3, -0.25) is 0 Å². The van der Waals surface area contributed by atoms with Crippen LogP contribution in [-0.2, 0) is 0 Å². The highest BCUT2D eigenvalue weighted by molar-refractivity contribution is 5.67. The smallest absolute Gasteiger partial charge is 0.229 e. The first-order valence-corrected chi connectivity index (χ1v) is 8.67. The molecule has 0 amide bonds. The van der Waals surface area contributed by atoms with Crippen molar-refractivity contribution in [1.29, 1.82) is 0 Å². The van der Waals surface area contributed by atoms with Crippen LogP contribution in [0.5, 0.6) is 11.5 Å². The quantitative estimate of drug-likeness (QED) is 0.648. The van der Waals surface area contributed by atoms with Gasteiger partial charge >= 0.3 is 0 Å². The van der Waals surface area contributed by atoms with Crippen molar-refractivity contribution < 1.29 is 9.47 Å². The van der Waals surface area contributed by atoms with Gasteiger partial charge in [0.15, 0.2) is 0 Å². The van der Waals surface area contributed by atoms with Crippen LogP contribution in [0.25, 0.3) is 0 Å². The van der Waals surface area contributed by atoms with Gasteiger partial charge in [-0.25, -0.2) is 4.98 Å². The fourth-order valence-electron chi connectivity index (χ4n) is 2.69. The molecule has 3 rings (SSSR count). The van der Waals surface area contributed by atoms with Crippen LogP contribution in [0, 0.1) is 20.8 Å². The molecule has 6 nitrogen and oxygen atoms in total. The molecule has 140 valence electrons. The summed E-state index contributed by atoms with van der Waals surface area (Å²) in [6.07, 6.45) is 0. The lowest BCUT2D eigenvalue weighted by Gasteiger charge is -2.14. The first-order chi connectivity index (χ1) is 13.0. The number of nitrogens with zero attached hydrogens (tertiary/aromatic N) is 2. The number of nitrogens with one attached hydrogen (secondary N) is 2. The molecule has 0 aliphatic heterocycles. The molecule has 27 heavy (non-hydrogen) atoms. The number of aryl methyl sites for hydroxylation is 3. The van der Waals surface area contributed by atoms with Crippen LogP contribution in [0.3, 0.4) is 0 Å². The molecule has 2 aromatic carbocycles. The second-order valence-corrected chi connectivity index (χ2v) is 6.33. The SMILES string of the molecule is COc1ccc(OC)c(Nc2cc(C)nc(Nc3ccc(C)c(C)c3)n2)c1. The number of hydrogen-bond donors (Lipinski definition) is 2. The molecule has 2 N–H and O–H groups in total. The summed E-state index contributed by atoms with van der Waals surface area (Å²) in [6.45, 7) is 6.10. The van der Waals surface area contributed by atoms with Crippen molar-refractivity contribution in [1.82, 2.24) is 9.97 Å². The van der Waals surface area contributed by atoms with Gasteiger partial charge in [0.05, 0.1) is 19.9 Å². The van der Waals surface area contributed by atoms with Crippen LogP contribution < -0.4 is 20.1 Å². The minimum Gasteiger partial charge on any atom is -0.497 e. The Hall–Kier alpha value is -3.28. The largest absolute Gasteiger partial charge is 0.497 e. The average Bonchev–Trinajstić information content (AvgIpc) is 2.64. The Morgan fingerprint density at radius 3 is 2.30 bits per heavy atom. The van der Waals surface area contributed by atoms with E-state index in [0.29, 0.717) is 17.5 Å². The maximum atomic E-state index is 5.42. The first-order valence-electron chi connectivity index (χ1n) is 8.67. The Balaban J connectivity index is 1.88. The summed E-state index contributed by atoms with van der Waals surface area (Å²) in [4.78, 5) is 9.06. The number of anilines is 4. The molecule has 1 aromatic heterocycles. The van der Waals surface area contributed by atoms with E-state index in [1.807, 2.05) is 37.3 Å². The molecule has 6 heteroatoms. The third kappa shape index (κ3) is 4.47. The highest BCUT2D eigenvalue weighted by atomic mass is 16.5. The Labute approximate surface area is 159 Å². The van der Waals surface area contributed by atoms with Crippen molar-refractivity contribution in [2.75, 3.05) is 24.9 Å². The molecule has 0 radical (unpaired) electrons. The van der Waals surface area contributed by atoms with Gasteiger partial charge in [0.25, 0.3) is 0 Å². The molecule has 0 fully saturated rings. The molecule has 0 aliphatic carbocycles. The maximum absolute atomic E-state index is 5.42. The van der Waals surface area contributed by atoms with Gasteiger partial charge in [-0.1, -0.05) is 6.07 Å². The highest BCUT2D eigenvalue weighted by Gasteiger charge is 2.09. The fourth-order valence-corrected chi connectivity index (χ4v) is 2.69. The highest BCUT2D eigenvalue weighted by Crippen LogP contribution is 2.31. The summed E-state index contributed by atoms with van der Waals surface area (Å²) in [5.74, 6) is 2.64. The van der Waals surface area contributed by atoms with Crippen molar-refractivity contribution in [2.24, 2.45) is 0 Å². The van der Waals surface area contributed by atoms with Crippen LogP contribution in [-0.4, -0.2) is 24.2 Å². The lowest BCUT2D eigenvalue weighted by atomic mass is 10.1. The second kappa shape index (κ2) is 7.95. The van der Waals surface area contributed by atoms with E-state index in [1.165, 1.54) is 11.1 Å². The van der Waals surface area contributed by atoms with E-state index in [9.17, 15) is 0 Å². The van der Waals surface area contributed by atoms with Gasteiger partial charge in [0.2, 0.25) is 5.95 Å². The molecule has 0 unspecified atom stereocenters. The first kappa shape index (κ1) is 18.5. The topological polar surface area (TPSA) is 68.3 Å². The standard InChI is InChI=1S/C21H24N4O2/c1-13-6-7-16(10-14(13)2)23-21-22-15(3)11-20(25-21)24-18-12-17(26-4)8-9-19(18)27-5/h6-12H,1-5H3,(H2,22,23,24,25). The summed E-state index contributed by atoms with van der Waals surface area (Å²) in [5, 5.41) is 6.56. The van der Waals surface area contributed by atoms with E-state index in [2.05, 4.69) is 46.6 Å². The van der Waals surface area contributed by atoms with Gasteiger partial charge in [0, 0.05) is 23.5 Å². The van der Waals surface area contributed by atoms with Gasteiger partial charge in [-0.05, 0) is 56.2 Å². The summed E-state index contributed by atoms with van der Waals surface area (Å²) in [6, 6.07) is 13.6. The summed E-state index contributed by atoms with van der Waals surface area (Å²) in [7, 11) is 3.26. The van der Waals surface area contributed by atoms with E-state index in [-0.39, 0.29) is 0 Å². The summed E-state index contributed by atoms with van der Waals surface area (Å²) >= 11 is 0. The Morgan fingerprint density at radius 2 is 1.59 bits per heavy atom. The fraction of sp³-hybridized carbons (Fsp3) is 0.238. The molecular formula is C21H24N4O2. The lowest BCUT2D eigenvalue weighted by molar-refractivity contribution is 0.405. The van der Waals surface area contributed by atoms with Crippen LogP contribution in [0.1, 0.15) is 16.8 Å². The van der Waals surface area contributed by atoms with E-state index in [0.717, 1.165) is 22.8 Å². The predicted molar refractivity (Wildman–Crippen MR) is 109 cm³/mol. The summed E-state index contributed by atoms with van der Waals surface area (Å²) < 4.78 is 10.7. The Morgan fingerprint density at radius 1 is 0.778 bits per heavy atom. The monoisotopic (exact) mass is 364 g/mol. The molecule has 0 saturated heterocycles. The van der Waals surface area contributed by atoms with Crippen molar-refractivity contribution in [2.45, 2.75) is 20.8 Å². The van der Waals surface area contributed by atoms with Gasteiger partial charge in [0.1, 0.15) is 17.3 Å². The van der Waals surface area contributed by atoms with E-state index in [1.54, 1.807) is 14.2 Å². The zero-order valence-corrected chi connectivity index (χ0v) is 16.3.